The van der Waals surface area contributed by atoms with Gasteiger partial charge in [0.25, 0.3) is 0 Å². The van der Waals surface area contributed by atoms with Crippen LogP contribution in [0.4, 0.5) is 0 Å². The molecule has 1 aromatic heterocycles. The third-order valence-electron chi connectivity index (χ3n) is 2.86. The van der Waals surface area contributed by atoms with Gasteiger partial charge in [-0.1, -0.05) is 0 Å². The molecule has 0 aliphatic rings. The number of nitrogens with zero attached hydrogens (tertiary/aromatic N) is 1. The van der Waals surface area contributed by atoms with Crippen LogP contribution in [-0.4, -0.2) is 30.8 Å². The Hall–Kier alpha value is -1.22. The highest BCUT2D eigenvalue weighted by molar-refractivity contribution is 9.10. The van der Waals surface area contributed by atoms with Crippen molar-refractivity contribution >= 4 is 43.3 Å². The zero-order valence-corrected chi connectivity index (χ0v) is 14.2. The van der Waals surface area contributed by atoms with Crippen LogP contribution in [0.5, 0.6) is 0 Å². The maximum absolute atomic E-state index is 12.5. The Labute approximate surface area is 135 Å². The van der Waals surface area contributed by atoms with E-state index in [1.165, 1.54) is 34.8 Å². The fourth-order valence-corrected chi connectivity index (χ4v) is 4.00. The molecule has 0 aliphatic heterocycles. The molecule has 1 heterocycles. The van der Waals surface area contributed by atoms with Crippen LogP contribution in [0.2, 0.25) is 0 Å². The minimum atomic E-state index is -3.73. The van der Waals surface area contributed by atoms with Crippen LogP contribution < -0.4 is 0 Å². The number of rotatable bonds is 5. The van der Waals surface area contributed by atoms with E-state index in [9.17, 15) is 13.2 Å². The number of hydrogen-bond donors (Lipinski definition) is 1. The van der Waals surface area contributed by atoms with Gasteiger partial charge in [0.1, 0.15) is 0 Å². The first-order valence-electron chi connectivity index (χ1n) is 5.82. The fraction of sp³-hybridized carbons (Fsp3) is 0.154. The predicted octanol–water partition coefficient (Wildman–Crippen LogP) is 3.03. The standard InChI is InChI=1S/C13H12BrNO4S2/c1-15(7-9-4-5-20-8-9)21(18,19)10-2-3-12(14)11(6-10)13(16)17/h2-6,8H,7H2,1H3,(H,16,17). The lowest BCUT2D eigenvalue weighted by atomic mass is 10.2. The van der Waals surface area contributed by atoms with Gasteiger partial charge < -0.3 is 5.11 Å². The molecule has 112 valence electrons. The van der Waals surface area contributed by atoms with Crippen LogP contribution in [0, 0.1) is 0 Å². The van der Waals surface area contributed by atoms with Gasteiger partial charge in [-0.25, -0.2) is 13.2 Å². The smallest absolute Gasteiger partial charge is 0.336 e. The highest BCUT2D eigenvalue weighted by Crippen LogP contribution is 2.24. The maximum atomic E-state index is 12.5. The summed E-state index contributed by atoms with van der Waals surface area (Å²) in [5.74, 6) is -1.18. The normalized spacial score (nSPS) is 11.8. The van der Waals surface area contributed by atoms with Gasteiger partial charge in [0.2, 0.25) is 10.0 Å². The Balaban J connectivity index is 2.35. The van der Waals surface area contributed by atoms with E-state index in [0.29, 0.717) is 4.47 Å². The summed E-state index contributed by atoms with van der Waals surface area (Å²) >= 11 is 4.59. The minimum absolute atomic E-state index is 0.0409. The molecule has 0 spiro atoms. The SMILES string of the molecule is CN(Cc1ccsc1)S(=O)(=O)c1ccc(Br)c(C(=O)O)c1. The average Bonchev–Trinajstić information content (AvgIpc) is 2.91. The quantitative estimate of drug-likeness (QED) is 0.852. The second-order valence-electron chi connectivity index (χ2n) is 4.34. The molecule has 2 aromatic rings. The fourth-order valence-electron chi connectivity index (χ4n) is 1.73. The van der Waals surface area contributed by atoms with Crippen molar-refractivity contribution in [1.82, 2.24) is 4.31 Å². The number of benzene rings is 1. The molecule has 21 heavy (non-hydrogen) atoms. The van der Waals surface area contributed by atoms with Crippen LogP contribution in [0.25, 0.3) is 0 Å². The van der Waals surface area contributed by atoms with Crippen molar-refractivity contribution in [3.8, 4) is 0 Å². The first kappa shape index (κ1) is 16.2. The van der Waals surface area contributed by atoms with Crippen molar-refractivity contribution < 1.29 is 18.3 Å². The summed E-state index contributed by atoms with van der Waals surface area (Å²) in [6, 6.07) is 5.82. The summed E-state index contributed by atoms with van der Waals surface area (Å²) in [6.07, 6.45) is 0. The van der Waals surface area contributed by atoms with E-state index in [4.69, 9.17) is 5.11 Å². The van der Waals surface area contributed by atoms with Crippen LogP contribution in [0.1, 0.15) is 15.9 Å². The monoisotopic (exact) mass is 389 g/mol. The zero-order chi connectivity index (χ0) is 15.6. The Morgan fingerprint density at radius 2 is 2.10 bits per heavy atom. The van der Waals surface area contributed by atoms with E-state index in [-0.39, 0.29) is 17.0 Å². The number of carboxylic acids is 1. The van der Waals surface area contributed by atoms with Crippen LogP contribution in [-0.2, 0) is 16.6 Å². The molecule has 0 atom stereocenters. The van der Waals surface area contributed by atoms with Gasteiger partial charge in [-0.2, -0.15) is 15.6 Å². The van der Waals surface area contributed by atoms with Gasteiger partial charge in [0, 0.05) is 18.1 Å². The lowest BCUT2D eigenvalue weighted by molar-refractivity contribution is 0.0695. The second-order valence-corrected chi connectivity index (χ2v) is 8.02. The number of halogens is 1. The van der Waals surface area contributed by atoms with E-state index < -0.39 is 16.0 Å². The van der Waals surface area contributed by atoms with Crippen LogP contribution >= 0.6 is 27.3 Å². The highest BCUT2D eigenvalue weighted by Gasteiger charge is 2.23. The number of carboxylic acid groups (broad SMARTS) is 1. The molecule has 8 heteroatoms. The molecule has 0 unspecified atom stereocenters. The number of aromatic carboxylic acids is 1. The maximum Gasteiger partial charge on any atom is 0.336 e. The summed E-state index contributed by atoms with van der Waals surface area (Å²) in [5.41, 5.74) is 0.807. The number of thiophene rings is 1. The summed E-state index contributed by atoms with van der Waals surface area (Å²) < 4.78 is 26.5. The highest BCUT2D eigenvalue weighted by atomic mass is 79.9. The van der Waals surface area contributed by atoms with Gasteiger partial charge in [0.05, 0.1) is 10.5 Å². The number of hydrogen-bond acceptors (Lipinski definition) is 4. The first-order chi connectivity index (χ1) is 9.82. The third kappa shape index (κ3) is 3.52. The van der Waals surface area contributed by atoms with Gasteiger partial charge in [0.15, 0.2) is 0 Å². The van der Waals surface area contributed by atoms with E-state index in [1.54, 1.807) is 0 Å². The van der Waals surface area contributed by atoms with Crippen molar-refractivity contribution in [3.05, 3.63) is 50.6 Å². The Morgan fingerprint density at radius 3 is 2.67 bits per heavy atom. The van der Waals surface area contributed by atoms with Crippen molar-refractivity contribution in [2.75, 3.05) is 7.05 Å². The van der Waals surface area contributed by atoms with Crippen molar-refractivity contribution in [2.24, 2.45) is 0 Å². The van der Waals surface area contributed by atoms with E-state index in [0.717, 1.165) is 11.6 Å². The molecule has 2 rings (SSSR count). The van der Waals surface area contributed by atoms with Gasteiger partial charge in [-0.15, -0.1) is 0 Å². The number of carbonyl (C=O) groups is 1. The first-order valence-corrected chi connectivity index (χ1v) is 9.00. The topological polar surface area (TPSA) is 74.7 Å². The summed E-state index contributed by atoms with van der Waals surface area (Å²) in [7, 11) is -2.27. The Bertz CT molecular complexity index is 756. The van der Waals surface area contributed by atoms with Crippen LogP contribution in [0.3, 0.4) is 0 Å². The average molecular weight is 390 g/mol. The summed E-state index contributed by atoms with van der Waals surface area (Å²) in [6.45, 7) is 0.240. The van der Waals surface area contributed by atoms with Crippen molar-refractivity contribution in [1.29, 1.82) is 0 Å². The molecule has 0 saturated carbocycles. The molecule has 0 aliphatic carbocycles. The lowest BCUT2D eigenvalue weighted by Gasteiger charge is -2.17. The lowest BCUT2D eigenvalue weighted by Crippen LogP contribution is -2.26. The second kappa shape index (κ2) is 6.27. The molecule has 1 aromatic carbocycles. The molecule has 5 nitrogen and oxygen atoms in total. The van der Waals surface area contributed by atoms with Gasteiger partial charge >= 0.3 is 5.97 Å². The van der Waals surface area contributed by atoms with Crippen molar-refractivity contribution in [3.63, 3.8) is 0 Å². The minimum Gasteiger partial charge on any atom is -0.478 e. The van der Waals surface area contributed by atoms with Gasteiger partial charge in [-0.3, -0.25) is 0 Å². The van der Waals surface area contributed by atoms with E-state index >= 15 is 0 Å². The molecule has 0 saturated heterocycles. The van der Waals surface area contributed by atoms with E-state index in [2.05, 4.69) is 15.9 Å². The van der Waals surface area contributed by atoms with Crippen LogP contribution in [0.15, 0.2) is 44.4 Å². The van der Waals surface area contributed by atoms with E-state index in [1.807, 2.05) is 16.8 Å². The number of sulfonamides is 1. The summed E-state index contributed by atoms with van der Waals surface area (Å²) in [4.78, 5) is 11.0. The molecular formula is C13H12BrNO4S2. The zero-order valence-electron chi connectivity index (χ0n) is 11.0. The van der Waals surface area contributed by atoms with Gasteiger partial charge in [-0.05, 0) is 56.5 Å². The Morgan fingerprint density at radius 1 is 1.38 bits per heavy atom. The third-order valence-corrected chi connectivity index (χ3v) is 6.08. The molecule has 0 radical (unpaired) electrons. The predicted molar refractivity (Wildman–Crippen MR) is 84.1 cm³/mol. The molecular weight excluding hydrogens is 378 g/mol. The largest absolute Gasteiger partial charge is 0.478 e. The summed E-state index contributed by atoms with van der Waals surface area (Å²) in [5, 5.41) is 12.8. The molecule has 0 bridgehead atoms. The van der Waals surface area contributed by atoms with Crippen molar-refractivity contribution in [2.45, 2.75) is 11.4 Å². The molecule has 0 fully saturated rings. The molecule has 1 N–H and O–H groups in total. The molecule has 0 amide bonds. The Kier molecular flexibility index (Phi) is 4.82.